The third-order valence-corrected chi connectivity index (χ3v) is 2.46. The van der Waals surface area contributed by atoms with E-state index in [2.05, 4.69) is 41.4 Å². The van der Waals surface area contributed by atoms with Gasteiger partial charge in [0.1, 0.15) is 5.82 Å². The Hall–Kier alpha value is -1.21. The fraction of sp³-hybridized carbons (Fsp3) is 0.250. The third kappa shape index (κ3) is 2.67. The molecule has 0 aliphatic heterocycles. The average Bonchev–Trinajstić information content (AvgIpc) is 2.66. The topological polar surface area (TPSA) is 76.7 Å². The second-order valence-corrected chi connectivity index (χ2v) is 4.11. The van der Waals surface area contributed by atoms with E-state index >= 15 is 0 Å². The van der Waals surface area contributed by atoms with Crippen molar-refractivity contribution in [2.75, 3.05) is 5.32 Å². The molecule has 2 rings (SSSR count). The number of rotatable bonds is 3. The van der Waals surface area contributed by atoms with E-state index in [1.165, 1.54) is 0 Å². The number of nitrogens with one attached hydrogen (secondary N) is 1. The number of hydrogen-bond acceptors (Lipinski definition) is 6. The number of hydrogen-bond donors (Lipinski definition) is 1. The summed E-state index contributed by atoms with van der Waals surface area (Å²) in [6, 6.07) is 0. The maximum Gasteiger partial charge on any atom is 0.224 e. The second-order valence-electron chi connectivity index (χ2n) is 2.92. The normalized spacial score (nSPS) is 10.4. The number of halogens is 2. The highest BCUT2D eigenvalue weighted by atomic mass is 79.9. The molecule has 0 saturated carbocycles. The van der Waals surface area contributed by atoms with Crippen LogP contribution in [0.1, 0.15) is 11.7 Å². The van der Waals surface area contributed by atoms with Crippen LogP contribution < -0.4 is 5.32 Å². The zero-order valence-corrected chi connectivity index (χ0v) is 10.6. The van der Waals surface area contributed by atoms with E-state index in [0.29, 0.717) is 24.1 Å². The molecule has 0 aliphatic carbocycles. The Morgan fingerprint density at radius 3 is 3.00 bits per heavy atom. The summed E-state index contributed by atoms with van der Waals surface area (Å²) < 4.78 is 5.55. The van der Waals surface area contributed by atoms with Crippen LogP contribution in [-0.4, -0.2) is 20.1 Å². The molecule has 84 valence electrons. The average molecular weight is 305 g/mol. The van der Waals surface area contributed by atoms with Crippen LogP contribution in [0, 0.1) is 6.92 Å². The molecule has 0 saturated heterocycles. The first-order valence-electron chi connectivity index (χ1n) is 4.36. The van der Waals surface area contributed by atoms with Gasteiger partial charge in [-0.25, -0.2) is 4.98 Å². The monoisotopic (exact) mass is 303 g/mol. The first kappa shape index (κ1) is 11.3. The van der Waals surface area contributed by atoms with Gasteiger partial charge in [-0.3, -0.25) is 0 Å². The molecule has 0 spiro atoms. The van der Waals surface area contributed by atoms with E-state index in [-0.39, 0.29) is 5.28 Å². The zero-order chi connectivity index (χ0) is 11.5. The van der Waals surface area contributed by atoms with Gasteiger partial charge in [0.25, 0.3) is 0 Å². The van der Waals surface area contributed by atoms with Crippen molar-refractivity contribution in [2.45, 2.75) is 13.5 Å². The molecular weight excluding hydrogens is 297 g/mol. The van der Waals surface area contributed by atoms with Crippen molar-refractivity contribution in [3.8, 4) is 0 Å². The highest BCUT2D eigenvalue weighted by molar-refractivity contribution is 9.10. The molecule has 0 fully saturated rings. The zero-order valence-electron chi connectivity index (χ0n) is 8.24. The van der Waals surface area contributed by atoms with Crippen molar-refractivity contribution >= 4 is 33.3 Å². The second kappa shape index (κ2) is 4.75. The number of aryl methyl sites for hydroxylation is 1. The van der Waals surface area contributed by atoms with Gasteiger partial charge in [-0.15, -0.1) is 0 Å². The Morgan fingerprint density at radius 2 is 2.31 bits per heavy atom. The Morgan fingerprint density at radius 1 is 1.50 bits per heavy atom. The minimum Gasteiger partial charge on any atom is -0.362 e. The maximum absolute atomic E-state index is 5.67. The fourth-order valence-corrected chi connectivity index (χ4v) is 1.51. The summed E-state index contributed by atoms with van der Waals surface area (Å²) >= 11 is 8.97. The van der Waals surface area contributed by atoms with Gasteiger partial charge in [-0.2, -0.15) is 9.97 Å². The van der Waals surface area contributed by atoms with Crippen molar-refractivity contribution in [1.82, 2.24) is 20.1 Å². The van der Waals surface area contributed by atoms with Gasteiger partial charge in [0.05, 0.1) is 11.0 Å². The summed E-state index contributed by atoms with van der Waals surface area (Å²) in [5.74, 6) is 1.66. The standard InChI is InChI=1S/C8H7BrClN5O/c1-4-13-6(15-16-4)3-11-7-5(9)2-12-8(10)14-7/h2H,3H2,1H3,(H,11,12,14). The van der Waals surface area contributed by atoms with E-state index < -0.39 is 0 Å². The molecule has 0 amide bonds. The number of nitrogens with zero attached hydrogens (tertiary/aromatic N) is 4. The molecule has 2 aromatic rings. The molecule has 0 aliphatic rings. The summed E-state index contributed by atoms with van der Waals surface area (Å²) in [5.41, 5.74) is 0. The van der Waals surface area contributed by atoms with E-state index in [1.807, 2.05) is 0 Å². The lowest BCUT2D eigenvalue weighted by molar-refractivity contribution is 0.388. The Balaban J connectivity index is 2.07. The summed E-state index contributed by atoms with van der Waals surface area (Å²) in [6.45, 7) is 2.14. The highest BCUT2D eigenvalue weighted by Crippen LogP contribution is 2.20. The lowest BCUT2D eigenvalue weighted by Gasteiger charge is -2.04. The van der Waals surface area contributed by atoms with Crippen LogP contribution in [0.25, 0.3) is 0 Å². The molecule has 2 aromatic heterocycles. The Kier molecular flexibility index (Phi) is 3.35. The lowest BCUT2D eigenvalue weighted by Crippen LogP contribution is -2.04. The third-order valence-electron chi connectivity index (χ3n) is 1.70. The van der Waals surface area contributed by atoms with Crippen molar-refractivity contribution in [3.63, 3.8) is 0 Å². The van der Waals surface area contributed by atoms with Crippen LogP contribution >= 0.6 is 27.5 Å². The SMILES string of the molecule is Cc1nc(CNc2nc(Cl)ncc2Br)no1. The molecule has 0 unspecified atom stereocenters. The van der Waals surface area contributed by atoms with Gasteiger partial charge < -0.3 is 9.84 Å². The fourth-order valence-electron chi connectivity index (χ4n) is 1.05. The van der Waals surface area contributed by atoms with Crippen molar-refractivity contribution in [3.05, 3.63) is 27.7 Å². The summed E-state index contributed by atoms with van der Waals surface area (Å²) in [5, 5.41) is 6.93. The smallest absolute Gasteiger partial charge is 0.224 e. The predicted molar refractivity (Wildman–Crippen MR) is 61.1 cm³/mol. The van der Waals surface area contributed by atoms with E-state index in [4.69, 9.17) is 16.1 Å². The Bertz CT molecular complexity index is 503. The minimum atomic E-state index is 0.176. The molecular formula is C8H7BrClN5O. The molecule has 0 bridgehead atoms. The first-order chi connectivity index (χ1) is 7.65. The van der Waals surface area contributed by atoms with Gasteiger partial charge in [0.15, 0.2) is 5.82 Å². The molecule has 0 radical (unpaired) electrons. The largest absolute Gasteiger partial charge is 0.362 e. The van der Waals surface area contributed by atoms with Crippen molar-refractivity contribution < 1.29 is 4.52 Å². The van der Waals surface area contributed by atoms with Crippen LogP contribution in [0.15, 0.2) is 15.2 Å². The first-order valence-corrected chi connectivity index (χ1v) is 5.53. The number of anilines is 1. The van der Waals surface area contributed by atoms with Gasteiger partial charge >= 0.3 is 0 Å². The molecule has 16 heavy (non-hydrogen) atoms. The summed E-state index contributed by atoms with van der Waals surface area (Å²) in [6.07, 6.45) is 1.57. The van der Waals surface area contributed by atoms with Crippen LogP contribution in [0.3, 0.4) is 0 Å². The van der Waals surface area contributed by atoms with E-state index in [1.54, 1.807) is 13.1 Å². The van der Waals surface area contributed by atoms with Crippen LogP contribution in [0.4, 0.5) is 5.82 Å². The van der Waals surface area contributed by atoms with Gasteiger partial charge in [-0.05, 0) is 27.5 Å². The molecule has 0 atom stereocenters. The molecule has 2 heterocycles. The summed E-state index contributed by atoms with van der Waals surface area (Å²) in [4.78, 5) is 11.9. The highest BCUT2D eigenvalue weighted by Gasteiger charge is 2.06. The van der Waals surface area contributed by atoms with Gasteiger partial charge in [-0.1, -0.05) is 5.16 Å². The van der Waals surface area contributed by atoms with Crippen molar-refractivity contribution in [2.24, 2.45) is 0 Å². The van der Waals surface area contributed by atoms with Crippen molar-refractivity contribution in [1.29, 1.82) is 0 Å². The van der Waals surface area contributed by atoms with Gasteiger partial charge in [0.2, 0.25) is 11.2 Å². The van der Waals surface area contributed by atoms with Crippen LogP contribution in [0.5, 0.6) is 0 Å². The van der Waals surface area contributed by atoms with Crippen LogP contribution in [0.2, 0.25) is 5.28 Å². The minimum absolute atomic E-state index is 0.176. The molecule has 0 aromatic carbocycles. The van der Waals surface area contributed by atoms with Crippen LogP contribution in [-0.2, 0) is 6.54 Å². The molecule has 6 nitrogen and oxygen atoms in total. The quantitative estimate of drug-likeness (QED) is 0.876. The Labute approximate surface area is 105 Å². The predicted octanol–water partition coefficient (Wildman–Crippen LogP) is 2.20. The molecule has 8 heteroatoms. The van der Waals surface area contributed by atoms with E-state index in [0.717, 1.165) is 4.47 Å². The maximum atomic E-state index is 5.67. The van der Waals surface area contributed by atoms with E-state index in [9.17, 15) is 0 Å². The molecule has 1 N–H and O–H groups in total. The lowest BCUT2D eigenvalue weighted by atomic mass is 10.5. The summed E-state index contributed by atoms with van der Waals surface area (Å²) in [7, 11) is 0. The van der Waals surface area contributed by atoms with Gasteiger partial charge in [0, 0.05) is 13.1 Å². The number of aromatic nitrogens is 4.